The molecule has 0 atom stereocenters. The molecule has 8 nitrogen and oxygen atoms in total. The molecule has 138 valence electrons. The van der Waals surface area contributed by atoms with Gasteiger partial charge in [0.1, 0.15) is 12.2 Å². The highest BCUT2D eigenvalue weighted by Gasteiger charge is 2.10. The topological polar surface area (TPSA) is 80.5 Å². The van der Waals surface area contributed by atoms with E-state index in [-0.39, 0.29) is 24.0 Å². The molecule has 0 spiro atoms. The molecule has 0 aliphatic heterocycles. The smallest absolute Gasteiger partial charge is 0.213 e. The van der Waals surface area contributed by atoms with E-state index in [0.29, 0.717) is 25.6 Å². The summed E-state index contributed by atoms with van der Waals surface area (Å²) in [7, 11) is 5.60. The number of guanidine groups is 1. The fourth-order valence-corrected chi connectivity index (χ4v) is 2.12. The maximum absolute atomic E-state index is 5.49. The Bertz CT molecular complexity index is 657. The molecule has 0 fully saturated rings. The van der Waals surface area contributed by atoms with Crippen LogP contribution in [0.4, 0.5) is 0 Å². The number of nitrogens with one attached hydrogen (secondary N) is 1. The van der Waals surface area contributed by atoms with Gasteiger partial charge in [-0.2, -0.15) is 5.10 Å². The zero-order chi connectivity index (χ0) is 17.4. The van der Waals surface area contributed by atoms with E-state index < -0.39 is 0 Å². The molecule has 1 N–H and O–H groups in total. The summed E-state index contributed by atoms with van der Waals surface area (Å²) in [6.07, 6.45) is 4.33. The maximum atomic E-state index is 5.49. The number of aryl methyl sites for hydroxylation is 1. The molecule has 2 aromatic rings. The highest BCUT2D eigenvalue weighted by molar-refractivity contribution is 14.0. The van der Waals surface area contributed by atoms with Crippen LogP contribution in [0, 0.1) is 0 Å². The summed E-state index contributed by atoms with van der Waals surface area (Å²) in [5.74, 6) is 2.31. The second kappa shape index (κ2) is 10.9. The van der Waals surface area contributed by atoms with E-state index in [2.05, 4.69) is 32.3 Å². The lowest BCUT2D eigenvalue weighted by atomic mass is 10.3. The lowest BCUT2D eigenvalue weighted by Gasteiger charge is -2.21. The van der Waals surface area contributed by atoms with Crippen LogP contribution in [0.2, 0.25) is 0 Å². The van der Waals surface area contributed by atoms with Gasteiger partial charge in [0.05, 0.1) is 13.2 Å². The van der Waals surface area contributed by atoms with Crippen molar-refractivity contribution in [2.45, 2.75) is 26.4 Å². The summed E-state index contributed by atoms with van der Waals surface area (Å²) in [6.45, 7) is 4.01. The molecule has 0 aromatic carbocycles. The summed E-state index contributed by atoms with van der Waals surface area (Å²) < 4.78 is 7.24. The third kappa shape index (κ3) is 6.48. The Labute approximate surface area is 165 Å². The SMILES string of the molecule is CCCOc1ccc(CNC(=NC)N(C)Cc2ncnn2C)cn1.I. The normalized spacial score (nSPS) is 11.0. The first kappa shape index (κ1) is 21.1. The van der Waals surface area contributed by atoms with Crippen LogP contribution < -0.4 is 10.1 Å². The minimum absolute atomic E-state index is 0. The number of pyridine rings is 1. The molecule has 2 heterocycles. The first-order valence-electron chi connectivity index (χ1n) is 7.96. The minimum atomic E-state index is 0. The molecule has 0 aliphatic carbocycles. The lowest BCUT2D eigenvalue weighted by molar-refractivity contribution is 0.305. The molecule has 0 amide bonds. The van der Waals surface area contributed by atoms with Crippen LogP contribution in [0.15, 0.2) is 29.6 Å². The van der Waals surface area contributed by atoms with Gasteiger partial charge in [0, 0.05) is 40.0 Å². The summed E-state index contributed by atoms with van der Waals surface area (Å²) in [5.41, 5.74) is 1.06. The van der Waals surface area contributed by atoms with Gasteiger partial charge < -0.3 is 15.0 Å². The highest BCUT2D eigenvalue weighted by atomic mass is 127. The van der Waals surface area contributed by atoms with Crippen molar-refractivity contribution in [3.63, 3.8) is 0 Å². The number of rotatable bonds is 7. The van der Waals surface area contributed by atoms with E-state index in [4.69, 9.17) is 4.74 Å². The Kier molecular flexibility index (Phi) is 9.17. The number of hydrogen-bond acceptors (Lipinski definition) is 5. The fraction of sp³-hybridized carbons (Fsp3) is 0.500. The van der Waals surface area contributed by atoms with Crippen molar-refractivity contribution >= 4 is 29.9 Å². The van der Waals surface area contributed by atoms with Gasteiger partial charge in [-0.25, -0.2) is 9.97 Å². The average Bonchev–Trinajstić information content (AvgIpc) is 2.99. The molecular weight excluding hydrogens is 433 g/mol. The molecule has 2 aromatic heterocycles. The van der Waals surface area contributed by atoms with Crippen LogP contribution >= 0.6 is 24.0 Å². The molecule has 0 bridgehead atoms. The predicted molar refractivity (Wildman–Crippen MR) is 108 cm³/mol. The first-order chi connectivity index (χ1) is 11.6. The number of halogens is 1. The second-order valence-corrected chi connectivity index (χ2v) is 5.41. The molecule has 0 unspecified atom stereocenters. The summed E-state index contributed by atoms with van der Waals surface area (Å²) >= 11 is 0. The number of ether oxygens (including phenoxy) is 1. The first-order valence-corrected chi connectivity index (χ1v) is 7.96. The summed E-state index contributed by atoms with van der Waals surface area (Å²) in [5, 5.41) is 7.39. The van der Waals surface area contributed by atoms with Gasteiger partial charge in [-0.05, 0) is 12.0 Å². The molecule has 0 radical (unpaired) electrons. The molecule has 0 saturated carbocycles. The van der Waals surface area contributed by atoms with E-state index in [1.54, 1.807) is 18.1 Å². The van der Waals surface area contributed by atoms with Crippen molar-refractivity contribution in [3.05, 3.63) is 36.0 Å². The number of aliphatic imine (C=N–C) groups is 1. The van der Waals surface area contributed by atoms with Crippen molar-refractivity contribution in [2.24, 2.45) is 12.0 Å². The molecule has 9 heteroatoms. The largest absolute Gasteiger partial charge is 0.478 e. The zero-order valence-electron chi connectivity index (χ0n) is 15.1. The van der Waals surface area contributed by atoms with Crippen molar-refractivity contribution in [2.75, 3.05) is 20.7 Å². The van der Waals surface area contributed by atoms with Gasteiger partial charge in [-0.1, -0.05) is 13.0 Å². The molecule has 0 saturated heterocycles. The maximum Gasteiger partial charge on any atom is 0.213 e. The van der Waals surface area contributed by atoms with Gasteiger partial charge in [0.25, 0.3) is 0 Å². The average molecular weight is 459 g/mol. The molecule has 0 aliphatic rings. The molecule has 2 rings (SSSR count). The zero-order valence-corrected chi connectivity index (χ0v) is 17.5. The van der Waals surface area contributed by atoms with Crippen LogP contribution in [0.1, 0.15) is 24.7 Å². The molecule has 25 heavy (non-hydrogen) atoms. The van der Waals surface area contributed by atoms with Gasteiger partial charge in [0.15, 0.2) is 5.96 Å². The second-order valence-electron chi connectivity index (χ2n) is 5.41. The van der Waals surface area contributed by atoms with Gasteiger partial charge >= 0.3 is 0 Å². The quantitative estimate of drug-likeness (QED) is 0.387. The fourth-order valence-electron chi connectivity index (χ4n) is 2.12. The van der Waals surface area contributed by atoms with Gasteiger partial charge in [0.2, 0.25) is 5.88 Å². The Morgan fingerprint density at radius 1 is 1.36 bits per heavy atom. The van der Waals surface area contributed by atoms with E-state index in [1.165, 1.54) is 0 Å². The predicted octanol–water partition coefficient (Wildman–Crippen LogP) is 1.82. The Morgan fingerprint density at radius 3 is 2.72 bits per heavy atom. The lowest BCUT2D eigenvalue weighted by Crippen LogP contribution is -2.38. The van der Waals surface area contributed by atoms with Crippen molar-refractivity contribution in [3.8, 4) is 5.88 Å². The third-order valence-electron chi connectivity index (χ3n) is 3.46. The van der Waals surface area contributed by atoms with Crippen molar-refractivity contribution < 1.29 is 4.74 Å². The monoisotopic (exact) mass is 459 g/mol. The number of hydrogen-bond donors (Lipinski definition) is 1. The van der Waals surface area contributed by atoms with Crippen LogP contribution in [-0.4, -0.2) is 51.3 Å². The van der Waals surface area contributed by atoms with E-state index in [1.807, 2.05) is 37.3 Å². The Morgan fingerprint density at radius 2 is 2.16 bits per heavy atom. The number of nitrogens with zero attached hydrogens (tertiary/aromatic N) is 6. The van der Waals surface area contributed by atoms with Crippen LogP contribution in [0.25, 0.3) is 0 Å². The summed E-state index contributed by atoms with van der Waals surface area (Å²) in [6, 6.07) is 3.89. The summed E-state index contributed by atoms with van der Waals surface area (Å²) in [4.78, 5) is 14.8. The Hall–Kier alpha value is -1.91. The van der Waals surface area contributed by atoms with Crippen LogP contribution in [0.5, 0.6) is 5.88 Å². The van der Waals surface area contributed by atoms with E-state index in [9.17, 15) is 0 Å². The Balaban J connectivity index is 0.00000312. The van der Waals surface area contributed by atoms with E-state index in [0.717, 1.165) is 23.8 Å². The molecular formula is C16H26IN7O. The van der Waals surface area contributed by atoms with Gasteiger partial charge in [-0.3, -0.25) is 9.67 Å². The minimum Gasteiger partial charge on any atom is -0.478 e. The highest BCUT2D eigenvalue weighted by Crippen LogP contribution is 2.08. The van der Waals surface area contributed by atoms with Gasteiger partial charge in [-0.15, -0.1) is 24.0 Å². The van der Waals surface area contributed by atoms with Crippen LogP contribution in [0.3, 0.4) is 0 Å². The third-order valence-corrected chi connectivity index (χ3v) is 3.46. The van der Waals surface area contributed by atoms with Crippen molar-refractivity contribution in [1.82, 2.24) is 30.0 Å². The van der Waals surface area contributed by atoms with Crippen molar-refractivity contribution in [1.29, 1.82) is 0 Å². The van der Waals surface area contributed by atoms with Crippen LogP contribution in [-0.2, 0) is 20.1 Å². The number of aromatic nitrogens is 4. The standard InChI is InChI=1S/C16H25N7O.HI/c1-5-8-24-15-7-6-13(9-18-15)10-19-16(17-2)22(3)11-14-20-12-21-23(14)4;/h6-7,9,12H,5,8,10-11H2,1-4H3,(H,17,19);1H. The van der Waals surface area contributed by atoms with E-state index >= 15 is 0 Å².